The van der Waals surface area contributed by atoms with Gasteiger partial charge in [-0.3, -0.25) is 19.2 Å². The average molecular weight is 592 g/mol. The maximum Gasteiger partial charge on any atom is 0.326 e. The molecule has 0 unspecified atom stereocenters. The number of terminal acetylenes is 1. The van der Waals surface area contributed by atoms with E-state index in [1.54, 1.807) is 31.2 Å². The predicted molar refractivity (Wildman–Crippen MR) is 153 cm³/mol. The number of fused-ring (bicyclic) bond motifs is 1. The third-order valence-electron chi connectivity index (χ3n) is 6.31. The fourth-order valence-corrected chi connectivity index (χ4v) is 4.21. The fraction of sp³-hybridized carbons (Fsp3) is 0.276. The van der Waals surface area contributed by atoms with Crippen LogP contribution in [0.25, 0.3) is 10.9 Å². The smallest absolute Gasteiger partial charge is 0.326 e. The van der Waals surface area contributed by atoms with Gasteiger partial charge in [0.2, 0.25) is 5.91 Å². The van der Waals surface area contributed by atoms with Crippen molar-refractivity contribution in [2.24, 2.45) is 0 Å². The molecule has 0 aliphatic carbocycles. The van der Waals surface area contributed by atoms with Crippen molar-refractivity contribution in [1.29, 1.82) is 0 Å². The molecule has 2 aromatic carbocycles. The second-order valence-electron chi connectivity index (χ2n) is 9.57. The second kappa shape index (κ2) is 14.3. The Morgan fingerprint density at radius 3 is 2.28 bits per heavy atom. The van der Waals surface area contributed by atoms with Crippen molar-refractivity contribution >= 4 is 46.3 Å². The molecule has 0 bridgehead atoms. The fourth-order valence-electron chi connectivity index (χ4n) is 4.21. The molecular weight excluding hydrogens is 562 g/mol. The van der Waals surface area contributed by atoms with Crippen molar-refractivity contribution < 1.29 is 39.3 Å². The second-order valence-corrected chi connectivity index (χ2v) is 9.57. The first-order valence-electron chi connectivity index (χ1n) is 12.9. The molecule has 0 aliphatic rings. The SMILES string of the molecule is C#CCN(Cc1ccc2nc(C)[nH]c(=O)c2c1)c1ccc(C(=O)N[C@H](CCC(=O)N[C@H](CC(=O)O)C(=O)O)C(=O)O)cc1. The van der Waals surface area contributed by atoms with E-state index in [2.05, 4.69) is 21.2 Å². The van der Waals surface area contributed by atoms with Crippen molar-refractivity contribution in [3.05, 3.63) is 69.8 Å². The summed E-state index contributed by atoms with van der Waals surface area (Å²) in [6.45, 7) is 2.25. The number of hydrogen-bond donors (Lipinski definition) is 6. The Bertz CT molecular complexity index is 1640. The largest absolute Gasteiger partial charge is 0.481 e. The van der Waals surface area contributed by atoms with Crippen molar-refractivity contribution in [3.8, 4) is 12.3 Å². The van der Waals surface area contributed by atoms with Crippen molar-refractivity contribution in [2.75, 3.05) is 11.4 Å². The molecule has 0 aliphatic heterocycles. The molecule has 14 nitrogen and oxygen atoms in total. The summed E-state index contributed by atoms with van der Waals surface area (Å²) in [4.78, 5) is 79.6. The van der Waals surface area contributed by atoms with Crippen molar-refractivity contribution in [3.63, 3.8) is 0 Å². The number of carboxylic acids is 3. The third kappa shape index (κ3) is 8.89. The highest BCUT2D eigenvalue weighted by molar-refractivity contribution is 5.97. The van der Waals surface area contributed by atoms with Crippen LogP contribution in [-0.4, -0.2) is 73.6 Å². The van der Waals surface area contributed by atoms with Crippen LogP contribution in [0.1, 0.15) is 41.0 Å². The monoisotopic (exact) mass is 591 g/mol. The van der Waals surface area contributed by atoms with Gasteiger partial charge in [-0.15, -0.1) is 6.42 Å². The molecule has 0 radical (unpaired) electrons. The number of amides is 2. The van der Waals surface area contributed by atoms with Gasteiger partial charge in [0, 0.05) is 24.2 Å². The minimum atomic E-state index is -1.68. The van der Waals surface area contributed by atoms with Crippen LogP contribution in [0.15, 0.2) is 47.3 Å². The van der Waals surface area contributed by atoms with Crippen LogP contribution in [0.3, 0.4) is 0 Å². The number of nitrogens with one attached hydrogen (secondary N) is 3. The molecule has 14 heteroatoms. The summed E-state index contributed by atoms with van der Waals surface area (Å²) in [5, 5.41) is 32.1. The van der Waals surface area contributed by atoms with Crippen LogP contribution >= 0.6 is 0 Å². The summed E-state index contributed by atoms with van der Waals surface area (Å²) < 4.78 is 0. The van der Waals surface area contributed by atoms with Crippen LogP contribution in [-0.2, 0) is 25.7 Å². The summed E-state index contributed by atoms with van der Waals surface area (Å²) >= 11 is 0. The summed E-state index contributed by atoms with van der Waals surface area (Å²) in [6.07, 6.45) is 3.87. The predicted octanol–water partition coefficient (Wildman–Crippen LogP) is 0.879. The van der Waals surface area contributed by atoms with Gasteiger partial charge in [-0.25, -0.2) is 14.6 Å². The van der Waals surface area contributed by atoms with Gasteiger partial charge in [0.25, 0.3) is 11.5 Å². The highest BCUT2D eigenvalue weighted by Crippen LogP contribution is 2.20. The number of carbonyl (C=O) groups excluding carboxylic acids is 2. The van der Waals surface area contributed by atoms with Gasteiger partial charge < -0.3 is 35.8 Å². The van der Waals surface area contributed by atoms with E-state index in [1.165, 1.54) is 12.1 Å². The first kappa shape index (κ1) is 31.8. The van der Waals surface area contributed by atoms with E-state index in [1.807, 2.05) is 16.3 Å². The maximum absolute atomic E-state index is 12.8. The van der Waals surface area contributed by atoms with Crippen molar-refractivity contribution in [2.45, 2.75) is 44.8 Å². The van der Waals surface area contributed by atoms with Crippen LogP contribution in [0.2, 0.25) is 0 Å². The Hall–Kier alpha value is -5.71. The van der Waals surface area contributed by atoms with Gasteiger partial charge in [-0.2, -0.15) is 0 Å². The highest BCUT2D eigenvalue weighted by atomic mass is 16.4. The van der Waals surface area contributed by atoms with Crippen LogP contribution in [0.5, 0.6) is 0 Å². The molecule has 6 N–H and O–H groups in total. The number of aromatic nitrogens is 2. The van der Waals surface area contributed by atoms with E-state index in [0.29, 0.717) is 29.0 Å². The normalized spacial score (nSPS) is 12.0. The van der Waals surface area contributed by atoms with E-state index in [0.717, 1.165) is 5.56 Å². The topological polar surface area (TPSA) is 219 Å². The van der Waals surface area contributed by atoms with Crippen molar-refractivity contribution in [1.82, 2.24) is 20.6 Å². The zero-order valence-electron chi connectivity index (χ0n) is 23.0. The van der Waals surface area contributed by atoms with E-state index in [4.69, 9.17) is 16.6 Å². The molecule has 0 saturated carbocycles. The summed E-state index contributed by atoms with van der Waals surface area (Å²) in [5.41, 5.74) is 1.89. The zero-order valence-corrected chi connectivity index (χ0v) is 23.0. The minimum Gasteiger partial charge on any atom is -0.481 e. The summed E-state index contributed by atoms with van der Waals surface area (Å²) in [6, 6.07) is 8.35. The molecule has 43 heavy (non-hydrogen) atoms. The molecule has 1 heterocycles. The Morgan fingerprint density at radius 2 is 1.67 bits per heavy atom. The molecule has 2 amide bonds. The summed E-state index contributed by atoms with van der Waals surface area (Å²) in [7, 11) is 0. The Balaban J connectivity index is 1.66. The molecule has 3 rings (SSSR count). The number of aliphatic carboxylic acids is 3. The Labute approximate surface area is 244 Å². The number of rotatable bonds is 14. The van der Waals surface area contributed by atoms with Gasteiger partial charge in [-0.1, -0.05) is 12.0 Å². The number of hydrogen-bond acceptors (Lipinski definition) is 8. The number of anilines is 1. The number of nitrogens with zero attached hydrogens (tertiary/aromatic N) is 2. The van der Waals surface area contributed by atoms with Gasteiger partial charge in [0.15, 0.2) is 0 Å². The lowest BCUT2D eigenvalue weighted by Gasteiger charge is -2.23. The number of aryl methyl sites for hydroxylation is 1. The summed E-state index contributed by atoms with van der Waals surface area (Å²) in [5.74, 6) is -2.93. The zero-order chi connectivity index (χ0) is 31.7. The molecule has 0 spiro atoms. The van der Waals surface area contributed by atoms with Crippen LogP contribution < -0.4 is 21.1 Å². The molecular formula is C29H29N5O9. The number of H-pyrrole nitrogens is 1. The van der Waals surface area contributed by atoms with E-state index in [9.17, 15) is 33.9 Å². The average Bonchev–Trinajstić information content (AvgIpc) is 2.94. The Morgan fingerprint density at radius 1 is 1.00 bits per heavy atom. The molecule has 0 fully saturated rings. The lowest BCUT2D eigenvalue weighted by molar-refractivity contribution is -0.147. The van der Waals surface area contributed by atoms with Crippen LogP contribution in [0.4, 0.5) is 5.69 Å². The highest BCUT2D eigenvalue weighted by Gasteiger charge is 2.26. The van der Waals surface area contributed by atoms with E-state index < -0.39 is 54.6 Å². The first-order chi connectivity index (χ1) is 20.4. The standard InChI is InChI=1S/C29H29N5O9/c1-3-12-34(15-17-4-9-21-20(13-17)27(39)31-16(2)30-21)19-7-5-18(6-8-19)26(38)33-22(28(40)41)10-11-24(35)32-23(29(42)43)14-25(36)37/h1,4-9,13,22-23H,10-12,14-15H2,2H3,(H,32,35)(H,33,38)(H,36,37)(H,40,41)(H,42,43)(H,30,31,39)/t22-,23-/m1/s1. The first-order valence-corrected chi connectivity index (χ1v) is 12.9. The lowest BCUT2D eigenvalue weighted by Crippen LogP contribution is -2.44. The molecule has 2 atom stereocenters. The number of carboxylic acid groups (broad SMARTS) is 3. The third-order valence-corrected chi connectivity index (χ3v) is 6.31. The van der Waals surface area contributed by atoms with E-state index >= 15 is 0 Å². The van der Waals surface area contributed by atoms with Gasteiger partial charge >= 0.3 is 17.9 Å². The quantitative estimate of drug-likeness (QED) is 0.145. The molecule has 0 saturated heterocycles. The maximum atomic E-state index is 12.8. The molecule has 1 aromatic heterocycles. The van der Waals surface area contributed by atoms with Gasteiger partial charge in [0.05, 0.1) is 23.9 Å². The number of carbonyl (C=O) groups is 5. The van der Waals surface area contributed by atoms with E-state index in [-0.39, 0.29) is 24.1 Å². The Kier molecular flexibility index (Phi) is 10.6. The minimum absolute atomic E-state index is 0.131. The molecule has 3 aromatic rings. The number of benzene rings is 2. The van der Waals surface area contributed by atoms with Gasteiger partial charge in [0.1, 0.15) is 17.9 Å². The number of aromatic amines is 1. The lowest BCUT2D eigenvalue weighted by atomic mass is 10.1. The van der Waals surface area contributed by atoms with Gasteiger partial charge in [-0.05, 0) is 55.3 Å². The molecule has 224 valence electrons. The van der Waals surface area contributed by atoms with Crippen LogP contribution in [0, 0.1) is 19.3 Å².